The average Bonchev–Trinajstić information content (AvgIpc) is 2.86. The first-order valence-electron chi connectivity index (χ1n) is 6.55. The van der Waals surface area contributed by atoms with Gasteiger partial charge >= 0.3 is 6.09 Å². The number of para-hydroxylation sites is 1. The fourth-order valence-corrected chi connectivity index (χ4v) is 2.48. The number of nitrogens with zero attached hydrogens (tertiary/aromatic N) is 1. The van der Waals surface area contributed by atoms with Crippen molar-refractivity contribution in [2.24, 2.45) is 5.73 Å². The second kappa shape index (κ2) is 5.93. The van der Waals surface area contributed by atoms with Gasteiger partial charge in [0.15, 0.2) is 0 Å². The number of methoxy groups -OCH3 is 1. The summed E-state index contributed by atoms with van der Waals surface area (Å²) >= 11 is 0. The number of amides is 1. The first kappa shape index (κ1) is 13.7. The minimum atomic E-state index is -0.368. The van der Waals surface area contributed by atoms with Crippen molar-refractivity contribution >= 4 is 11.8 Å². The Bertz CT molecular complexity index is 448. The zero-order valence-corrected chi connectivity index (χ0v) is 11.4. The largest absolute Gasteiger partial charge is 0.453 e. The molecule has 0 saturated carbocycles. The van der Waals surface area contributed by atoms with Gasteiger partial charge < -0.3 is 20.7 Å². The van der Waals surface area contributed by atoms with Crippen LogP contribution in [-0.2, 0) is 4.74 Å². The van der Waals surface area contributed by atoms with Crippen LogP contribution in [0.5, 0.6) is 0 Å². The van der Waals surface area contributed by atoms with Crippen molar-refractivity contribution in [1.82, 2.24) is 5.32 Å². The lowest BCUT2D eigenvalue weighted by molar-refractivity contribution is 0.167. The first-order chi connectivity index (χ1) is 9.11. The van der Waals surface area contributed by atoms with Crippen molar-refractivity contribution in [3.05, 3.63) is 29.8 Å². The molecule has 0 spiro atoms. The van der Waals surface area contributed by atoms with E-state index >= 15 is 0 Å². The van der Waals surface area contributed by atoms with Gasteiger partial charge in [0, 0.05) is 24.8 Å². The highest BCUT2D eigenvalue weighted by Crippen LogP contribution is 2.27. The molecule has 0 bridgehead atoms. The number of benzene rings is 1. The summed E-state index contributed by atoms with van der Waals surface area (Å²) in [7, 11) is 1.38. The van der Waals surface area contributed by atoms with Crippen LogP contribution in [0.3, 0.4) is 0 Å². The third-order valence-electron chi connectivity index (χ3n) is 3.46. The molecule has 0 aromatic heterocycles. The van der Waals surface area contributed by atoms with E-state index < -0.39 is 0 Å². The molecule has 1 unspecified atom stereocenters. The van der Waals surface area contributed by atoms with Crippen LogP contribution in [-0.4, -0.2) is 32.3 Å². The SMILES string of the molecule is COC(=O)NC1CCN(c2ccccc2[C@@H](C)N)C1. The number of ether oxygens (including phenoxy) is 1. The quantitative estimate of drug-likeness (QED) is 0.870. The van der Waals surface area contributed by atoms with Crippen molar-refractivity contribution in [3.63, 3.8) is 0 Å². The number of hydrogen-bond donors (Lipinski definition) is 2. The Morgan fingerprint density at radius 3 is 2.95 bits per heavy atom. The second-order valence-corrected chi connectivity index (χ2v) is 4.92. The lowest BCUT2D eigenvalue weighted by atomic mass is 10.1. The number of carbonyl (C=O) groups excluding carboxylic acids is 1. The number of carbonyl (C=O) groups is 1. The van der Waals surface area contributed by atoms with Gasteiger partial charge in [0.1, 0.15) is 0 Å². The summed E-state index contributed by atoms with van der Waals surface area (Å²) in [6.45, 7) is 3.69. The summed E-state index contributed by atoms with van der Waals surface area (Å²) in [5.74, 6) is 0. The fourth-order valence-electron chi connectivity index (χ4n) is 2.48. The van der Waals surface area contributed by atoms with Gasteiger partial charge in [-0.2, -0.15) is 0 Å². The van der Waals surface area contributed by atoms with E-state index in [2.05, 4.69) is 27.1 Å². The van der Waals surface area contributed by atoms with E-state index in [0.717, 1.165) is 30.8 Å². The standard InChI is InChI=1S/C14H21N3O2/c1-10(15)12-5-3-4-6-13(12)17-8-7-11(9-17)16-14(18)19-2/h3-6,10-11H,7-9,15H2,1-2H3,(H,16,18)/t10-,11?/m1/s1. The molecule has 1 amide bonds. The van der Waals surface area contributed by atoms with Crippen LogP contribution in [0.15, 0.2) is 24.3 Å². The maximum absolute atomic E-state index is 11.2. The molecule has 1 heterocycles. The summed E-state index contributed by atoms with van der Waals surface area (Å²) in [5.41, 5.74) is 8.30. The molecule has 1 aromatic carbocycles. The average molecular weight is 263 g/mol. The van der Waals surface area contributed by atoms with E-state index in [1.807, 2.05) is 19.1 Å². The van der Waals surface area contributed by atoms with Crippen molar-refractivity contribution in [2.45, 2.75) is 25.4 Å². The lowest BCUT2D eigenvalue weighted by Gasteiger charge is -2.23. The van der Waals surface area contributed by atoms with Crippen molar-refractivity contribution < 1.29 is 9.53 Å². The maximum Gasteiger partial charge on any atom is 0.407 e. The Kier molecular flexibility index (Phi) is 4.27. The van der Waals surface area contributed by atoms with Crippen LogP contribution >= 0.6 is 0 Å². The summed E-state index contributed by atoms with van der Waals surface area (Å²) < 4.78 is 4.63. The van der Waals surface area contributed by atoms with E-state index in [1.54, 1.807) is 0 Å². The highest BCUT2D eigenvalue weighted by atomic mass is 16.5. The predicted molar refractivity (Wildman–Crippen MR) is 75.2 cm³/mol. The molecule has 1 aliphatic rings. The van der Waals surface area contributed by atoms with Gasteiger partial charge in [0.2, 0.25) is 0 Å². The number of alkyl carbamates (subject to hydrolysis) is 1. The minimum absolute atomic E-state index is 0.00353. The summed E-state index contributed by atoms with van der Waals surface area (Å²) in [6.07, 6.45) is 0.551. The highest BCUT2D eigenvalue weighted by molar-refractivity contribution is 5.67. The molecule has 1 aliphatic heterocycles. The topological polar surface area (TPSA) is 67.6 Å². The monoisotopic (exact) mass is 263 g/mol. The molecule has 3 N–H and O–H groups in total. The Morgan fingerprint density at radius 1 is 1.53 bits per heavy atom. The van der Waals surface area contributed by atoms with Gasteiger partial charge in [0.25, 0.3) is 0 Å². The second-order valence-electron chi connectivity index (χ2n) is 4.92. The Morgan fingerprint density at radius 2 is 2.26 bits per heavy atom. The fraction of sp³-hybridized carbons (Fsp3) is 0.500. The van der Waals surface area contributed by atoms with Gasteiger partial charge in [-0.25, -0.2) is 4.79 Å². The molecular weight excluding hydrogens is 242 g/mol. The Labute approximate surface area is 113 Å². The molecular formula is C14H21N3O2. The minimum Gasteiger partial charge on any atom is -0.453 e. The number of anilines is 1. The third kappa shape index (κ3) is 3.17. The zero-order valence-electron chi connectivity index (χ0n) is 11.4. The van der Waals surface area contributed by atoms with E-state index in [1.165, 1.54) is 7.11 Å². The molecule has 2 rings (SSSR count). The summed E-state index contributed by atoms with van der Waals surface area (Å²) in [5, 5.41) is 2.84. The molecule has 104 valence electrons. The molecule has 1 fully saturated rings. The third-order valence-corrected chi connectivity index (χ3v) is 3.46. The van der Waals surface area contributed by atoms with Gasteiger partial charge in [0.05, 0.1) is 13.2 Å². The van der Waals surface area contributed by atoms with Crippen molar-refractivity contribution in [2.75, 3.05) is 25.1 Å². The van der Waals surface area contributed by atoms with Gasteiger partial charge in [-0.1, -0.05) is 18.2 Å². The molecule has 2 atom stereocenters. The van der Waals surface area contributed by atoms with Crippen molar-refractivity contribution in [3.8, 4) is 0 Å². The van der Waals surface area contributed by atoms with E-state index in [9.17, 15) is 4.79 Å². The highest BCUT2D eigenvalue weighted by Gasteiger charge is 2.25. The Hall–Kier alpha value is -1.75. The summed E-state index contributed by atoms with van der Waals surface area (Å²) in [6, 6.07) is 8.29. The number of hydrogen-bond acceptors (Lipinski definition) is 4. The first-order valence-corrected chi connectivity index (χ1v) is 6.55. The van der Waals surface area contributed by atoms with E-state index in [0.29, 0.717) is 0 Å². The van der Waals surface area contributed by atoms with Crippen LogP contribution in [0.4, 0.5) is 10.5 Å². The molecule has 19 heavy (non-hydrogen) atoms. The van der Waals surface area contributed by atoms with Gasteiger partial charge in [-0.3, -0.25) is 0 Å². The number of nitrogens with two attached hydrogens (primary N) is 1. The molecule has 0 aliphatic carbocycles. The number of rotatable bonds is 3. The van der Waals surface area contributed by atoms with Crippen LogP contribution in [0.2, 0.25) is 0 Å². The molecule has 5 heteroatoms. The molecule has 5 nitrogen and oxygen atoms in total. The molecule has 1 aromatic rings. The van der Waals surface area contributed by atoms with Crippen LogP contribution in [0.1, 0.15) is 24.9 Å². The smallest absolute Gasteiger partial charge is 0.407 e. The van der Waals surface area contributed by atoms with Crippen LogP contribution in [0, 0.1) is 0 Å². The summed E-state index contributed by atoms with van der Waals surface area (Å²) in [4.78, 5) is 13.5. The number of nitrogens with one attached hydrogen (secondary N) is 1. The van der Waals surface area contributed by atoms with E-state index in [4.69, 9.17) is 5.73 Å². The molecule has 0 radical (unpaired) electrons. The lowest BCUT2D eigenvalue weighted by Crippen LogP contribution is -2.37. The van der Waals surface area contributed by atoms with Crippen LogP contribution in [0.25, 0.3) is 0 Å². The van der Waals surface area contributed by atoms with Gasteiger partial charge in [-0.15, -0.1) is 0 Å². The van der Waals surface area contributed by atoms with Gasteiger partial charge in [-0.05, 0) is 25.0 Å². The maximum atomic E-state index is 11.2. The van der Waals surface area contributed by atoms with E-state index in [-0.39, 0.29) is 18.2 Å². The predicted octanol–water partition coefficient (Wildman–Crippen LogP) is 1.64. The molecule has 1 saturated heterocycles. The Balaban J connectivity index is 2.06. The van der Waals surface area contributed by atoms with Crippen LogP contribution < -0.4 is 16.0 Å². The normalized spacial score (nSPS) is 20.2. The van der Waals surface area contributed by atoms with Crippen molar-refractivity contribution in [1.29, 1.82) is 0 Å². The zero-order chi connectivity index (χ0) is 13.8.